The Morgan fingerprint density at radius 3 is 2.86 bits per heavy atom. The van der Waals surface area contributed by atoms with Gasteiger partial charge in [-0.1, -0.05) is 6.08 Å². The van der Waals surface area contributed by atoms with E-state index in [0.717, 1.165) is 18.7 Å². The predicted octanol–water partition coefficient (Wildman–Crippen LogP) is 1.86. The average molecular weight is 303 g/mol. The monoisotopic (exact) mass is 303 g/mol. The van der Waals surface area contributed by atoms with E-state index < -0.39 is 6.41 Å². The number of ether oxygens (including phenoxy) is 1. The van der Waals surface area contributed by atoms with Crippen molar-refractivity contribution in [2.75, 3.05) is 31.6 Å². The van der Waals surface area contributed by atoms with E-state index in [1.54, 1.807) is 0 Å². The molecule has 0 fully saturated rings. The fraction of sp³-hybridized carbons (Fsp3) is 0.588. The minimum atomic E-state index is -0.881. The molecule has 1 N–H and O–H groups in total. The summed E-state index contributed by atoms with van der Waals surface area (Å²) in [6, 6.07) is 2.08. The summed E-state index contributed by atoms with van der Waals surface area (Å²) in [5.41, 5.74) is 4.49. The average Bonchev–Trinajstić information content (AvgIpc) is 3.04. The van der Waals surface area contributed by atoms with E-state index in [4.69, 9.17) is 4.74 Å². The van der Waals surface area contributed by atoms with Crippen LogP contribution in [0.15, 0.2) is 18.3 Å². The maximum absolute atomic E-state index is 10.2. The van der Waals surface area contributed by atoms with Crippen LogP contribution in [0.1, 0.15) is 32.0 Å². The van der Waals surface area contributed by atoms with E-state index in [9.17, 15) is 5.11 Å². The molecule has 1 unspecified atom stereocenters. The maximum Gasteiger partial charge on any atom is 0.217 e. The molecule has 0 spiro atoms. The number of hydrogen-bond acceptors (Lipinski definition) is 5. The molecule has 0 saturated carbocycles. The molecule has 2 aliphatic heterocycles. The van der Waals surface area contributed by atoms with Crippen molar-refractivity contribution < 1.29 is 9.84 Å². The van der Waals surface area contributed by atoms with Gasteiger partial charge in [0.05, 0.1) is 11.3 Å². The highest BCUT2D eigenvalue weighted by Gasteiger charge is 2.29. The number of aromatic nitrogens is 1. The molecule has 0 aromatic carbocycles. The largest absolute Gasteiger partial charge is 0.374 e. The molecule has 22 heavy (non-hydrogen) atoms. The van der Waals surface area contributed by atoms with Gasteiger partial charge in [-0.15, -0.1) is 0 Å². The van der Waals surface area contributed by atoms with Gasteiger partial charge in [-0.05, 0) is 38.8 Å². The molecule has 1 atom stereocenters. The second-order valence-corrected chi connectivity index (χ2v) is 7.04. The smallest absolute Gasteiger partial charge is 0.217 e. The van der Waals surface area contributed by atoms with Crippen molar-refractivity contribution in [3.05, 3.63) is 29.6 Å². The van der Waals surface area contributed by atoms with E-state index in [1.165, 1.54) is 16.8 Å². The number of aliphatic hydroxyl groups is 1. The molecule has 5 nitrogen and oxygen atoms in total. The standard InChI is InChI=1S/C17H25N3O2/c1-17(2,3)22-16(21)20-10-6-12(11-20)15-13-7-9-19(4)14(13)5-8-18-15/h5-6,8,16,21H,7,9-11H2,1-4H3. The molecule has 3 rings (SSSR count). The van der Waals surface area contributed by atoms with E-state index in [2.05, 4.69) is 29.1 Å². The Labute approximate surface area is 132 Å². The van der Waals surface area contributed by atoms with Crippen LogP contribution in [0, 0.1) is 0 Å². The van der Waals surface area contributed by atoms with E-state index in [1.807, 2.05) is 31.9 Å². The fourth-order valence-electron chi connectivity index (χ4n) is 3.07. The highest BCUT2D eigenvalue weighted by molar-refractivity contribution is 5.74. The summed E-state index contributed by atoms with van der Waals surface area (Å²) in [6.07, 6.45) is 4.18. The van der Waals surface area contributed by atoms with Gasteiger partial charge in [-0.3, -0.25) is 4.98 Å². The zero-order chi connectivity index (χ0) is 15.9. The summed E-state index contributed by atoms with van der Waals surface area (Å²) >= 11 is 0. The molecular weight excluding hydrogens is 278 g/mol. The van der Waals surface area contributed by atoms with Crippen molar-refractivity contribution in [2.45, 2.75) is 39.2 Å². The summed E-state index contributed by atoms with van der Waals surface area (Å²) in [6.45, 7) is 8.24. The molecular formula is C17H25N3O2. The van der Waals surface area contributed by atoms with Gasteiger partial charge in [-0.2, -0.15) is 0 Å². The summed E-state index contributed by atoms with van der Waals surface area (Å²) in [4.78, 5) is 8.78. The lowest BCUT2D eigenvalue weighted by Crippen LogP contribution is -2.40. The number of anilines is 1. The molecule has 0 aliphatic carbocycles. The zero-order valence-electron chi connectivity index (χ0n) is 13.8. The predicted molar refractivity (Wildman–Crippen MR) is 87.6 cm³/mol. The second-order valence-electron chi connectivity index (χ2n) is 7.04. The van der Waals surface area contributed by atoms with Crippen LogP contribution in [0.3, 0.4) is 0 Å². The first-order valence-electron chi connectivity index (χ1n) is 7.83. The third-order valence-corrected chi connectivity index (χ3v) is 4.16. The molecule has 0 saturated heterocycles. The molecule has 120 valence electrons. The van der Waals surface area contributed by atoms with Crippen LogP contribution >= 0.6 is 0 Å². The quantitative estimate of drug-likeness (QED) is 0.864. The Morgan fingerprint density at radius 2 is 2.14 bits per heavy atom. The van der Waals surface area contributed by atoms with Crippen molar-refractivity contribution in [1.29, 1.82) is 0 Å². The fourth-order valence-corrected chi connectivity index (χ4v) is 3.07. The number of fused-ring (bicyclic) bond motifs is 1. The number of likely N-dealkylation sites (N-methyl/N-ethyl adjacent to an activating group) is 1. The number of hydrogen-bond donors (Lipinski definition) is 1. The molecule has 2 aliphatic rings. The Kier molecular flexibility index (Phi) is 3.97. The zero-order valence-corrected chi connectivity index (χ0v) is 13.8. The van der Waals surface area contributed by atoms with Crippen molar-refractivity contribution in [1.82, 2.24) is 9.88 Å². The minimum absolute atomic E-state index is 0.364. The summed E-state index contributed by atoms with van der Waals surface area (Å²) < 4.78 is 5.63. The normalized spacial score (nSPS) is 20.2. The molecule has 1 aromatic heterocycles. The van der Waals surface area contributed by atoms with Gasteiger partial charge in [-0.25, -0.2) is 4.90 Å². The number of rotatable bonds is 3. The molecule has 5 heteroatoms. The third-order valence-electron chi connectivity index (χ3n) is 4.16. The van der Waals surface area contributed by atoms with Gasteiger partial charge in [0, 0.05) is 44.1 Å². The maximum atomic E-state index is 10.2. The van der Waals surface area contributed by atoms with Crippen LogP contribution in [-0.2, 0) is 11.2 Å². The summed E-state index contributed by atoms with van der Waals surface area (Å²) in [5.74, 6) is 0. The molecule has 0 bridgehead atoms. The lowest BCUT2D eigenvalue weighted by molar-refractivity contribution is -0.232. The first-order valence-corrected chi connectivity index (χ1v) is 7.83. The highest BCUT2D eigenvalue weighted by Crippen LogP contribution is 2.33. The number of aliphatic hydroxyl groups excluding tert-OH is 1. The van der Waals surface area contributed by atoms with Gasteiger partial charge >= 0.3 is 0 Å². The lowest BCUT2D eigenvalue weighted by atomic mass is 10.0. The molecule has 0 radical (unpaired) electrons. The van der Waals surface area contributed by atoms with Crippen LogP contribution < -0.4 is 4.90 Å². The number of pyridine rings is 1. The Hall–Kier alpha value is -1.43. The van der Waals surface area contributed by atoms with Crippen LogP contribution in [0.5, 0.6) is 0 Å². The number of nitrogens with zero attached hydrogens (tertiary/aromatic N) is 3. The van der Waals surface area contributed by atoms with E-state index in [0.29, 0.717) is 13.1 Å². The summed E-state index contributed by atoms with van der Waals surface area (Å²) in [5, 5.41) is 10.2. The van der Waals surface area contributed by atoms with Crippen LogP contribution in [0.25, 0.3) is 5.57 Å². The lowest BCUT2D eigenvalue weighted by Gasteiger charge is -2.29. The highest BCUT2D eigenvalue weighted by atomic mass is 16.6. The summed E-state index contributed by atoms with van der Waals surface area (Å²) in [7, 11) is 2.12. The van der Waals surface area contributed by atoms with Crippen molar-refractivity contribution in [2.24, 2.45) is 0 Å². The van der Waals surface area contributed by atoms with Gasteiger partial charge in [0.25, 0.3) is 0 Å². The topological polar surface area (TPSA) is 48.8 Å². The van der Waals surface area contributed by atoms with Crippen LogP contribution in [-0.4, -0.2) is 53.7 Å². The van der Waals surface area contributed by atoms with E-state index in [-0.39, 0.29) is 5.60 Å². The second kappa shape index (κ2) is 5.65. The Morgan fingerprint density at radius 1 is 1.36 bits per heavy atom. The van der Waals surface area contributed by atoms with Gasteiger partial charge in [0.2, 0.25) is 6.41 Å². The van der Waals surface area contributed by atoms with Crippen molar-refractivity contribution >= 4 is 11.3 Å². The third kappa shape index (κ3) is 3.02. The van der Waals surface area contributed by atoms with E-state index >= 15 is 0 Å². The minimum Gasteiger partial charge on any atom is -0.374 e. The van der Waals surface area contributed by atoms with Crippen molar-refractivity contribution in [3.8, 4) is 0 Å². The van der Waals surface area contributed by atoms with Gasteiger partial charge in [0.1, 0.15) is 0 Å². The van der Waals surface area contributed by atoms with Gasteiger partial charge < -0.3 is 14.7 Å². The van der Waals surface area contributed by atoms with Crippen LogP contribution in [0.2, 0.25) is 0 Å². The SMILES string of the molecule is CN1CCc2c1ccnc2C1=CCN(C(O)OC(C)(C)C)C1. The first-order chi connectivity index (χ1) is 10.3. The first kappa shape index (κ1) is 15.5. The van der Waals surface area contributed by atoms with Crippen molar-refractivity contribution in [3.63, 3.8) is 0 Å². The van der Waals surface area contributed by atoms with Crippen LogP contribution in [0.4, 0.5) is 5.69 Å². The Bertz CT molecular complexity index is 592. The van der Waals surface area contributed by atoms with Gasteiger partial charge in [0.15, 0.2) is 0 Å². The molecule has 0 amide bonds. The molecule has 1 aromatic rings. The molecule has 3 heterocycles. The Balaban J connectivity index is 1.74.